The third-order valence-corrected chi connectivity index (χ3v) is 5.18. The van der Waals surface area contributed by atoms with Crippen molar-refractivity contribution in [2.24, 2.45) is 4.99 Å². The Morgan fingerprint density at radius 2 is 1.89 bits per heavy atom. The molecule has 1 aromatic heterocycles. The van der Waals surface area contributed by atoms with Crippen LogP contribution >= 0.6 is 11.3 Å². The van der Waals surface area contributed by atoms with Gasteiger partial charge in [0.25, 0.3) is 5.91 Å². The second kappa shape index (κ2) is 7.32. The fraction of sp³-hybridized carbons (Fsp3) is 0.263. The first-order valence-corrected chi connectivity index (χ1v) is 9.27. The lowest BCUT2D eigenvalue weighted by atomic mass is 10.3. The monoisotopic (exact) mass is 386 g/mol. The van der Waals surface area contributed by atoms with Crippen LogP contribution < -0.4 is 23.7 Å². The summed E-state index contributed by atoms with van der Waals surface area (Å²) in [6.45, 7) is 2.79. The molecule has 1 aliphatic heterocycles. The van der Waals surface area contributed by atoms with Crippen LogP contribution in [0.1, 0.15) is 6.92 Å². The van der Waals surface area contributed by atoms with Gasteiger partial charge in [-0.05, 0) is 31.2 Å². The van der Waals surface area contributed by atoms with Crippen molar-refractivity contribution in [1.29, 1.82) is 0 Å². The molecule has 0 aliphatic carbocycles. The Morgan fingerprint density at radius 3 is 2.59 bits per heavy atom. The molecule has 0 unspecified atom stereocenters. The Kier molecular flexibility index (Phi) is 4.72. The lowest BCUT2D eigenvalue weighted by Crippen LogP contribution is -2.18. The molecule has 4 rings (SSSR count). The van der Waals surface area contributed by atoms with Gasteiger partial charge in [-0.15, -0.1) is 0 Å². The van der Waals surface area contributed by atoms with Crippen molar-refractivity contribution >= 4 is 27.5 Å². The number of benzene rings is 2. The maximum absolute atomic E-state index is 12.3. The molecule has 2 aromatic carbocycles. The van der Waals surface area contributed by atoms with E-state index in [1.54, 1.807) is 31.4 Å². The van der Waals surface area contributed by atoms with Gasteiger partial charge in [-0.25, -0.2) is 0 Å². The van der Waals surface area contributed by atoms with Gasteiger partial charge in [0.05, 0.1) is 17.3 Å². The summed E-state index contributed by atoms with van der Waals surface area (Å²) in [5.74, 6) is 2.40. The molecule has 1 amide bonds. The van der Waals surface area contributed by atoms with Gasteiger partial charge >= 0.3 is 0 Å². The molecule has 0 radical (unpaired) electrons. The van der Waals surface area contributed by atoms with Crippen LogP contribution in [0.4, 0.5) is 0 Å². The van der Waals surface area contributed by atoms with Gasteiger partial charge in [0, 0.05) is 18.7 Å². The number of fused-ring (bicyclic) bond motifs is 2. The van der Waals surface area contributed by atoms with Crippen LogP contribution in [0.2, 0.25) is 0 Å². The van der Waals surface area contributed by atoms with Gasteiger partial charge in [0.15, 0.2) is 22.9 Å². The number of ether oxygens (including phenoxy) is 4. The zero-order valence-electron chi connectivity index (χ0n) is 14.9. The predicted molar refractivity (Wildman–Crippen MR) is 101 cm³/mol. The van der Waals surface area contributed by atoms with Gasteiger partial charge in [-0.3, -0.25) is 4.79 Å². The minimum Gasteiger partial charge on any atom is -0.497 e. The number of aryl methyl sites for hydroxylation is 1. The number of rotatable bonds is 5. The second-order valence-electron chi connectivity index (χ2n) is 5.77. The van der Waals surface area contributed by atoms with E-state index in [-0.39, 0.29) is 19.3 Å². The van der Waals surface area contributed by atoms with Crippen LogP contribution in [0.5, 0.6) is 23.0 Å². The smallest absolute Gasteiger partial charge is 0.286 e. The third kappa shape index (κ3) is 3.48. The van der Waals surface area contributed by atoms with E-state index in [4.69, 9.17) is 18.9 Å². The number of carbonyl (C=O) groups is 1. The Labute approximate surface area is 159 Å². The molecule has 0 N–H and O–H groups in total. The lowest BCUT2D eigenvalue weighted by Gasteiger charge is -2.04. The molecule has 0 saturated heterocycles. The van der Waals surface area contributed by atoms with Crippen LogP contribution in [0, 0.1) is 0 Å². The van der Waals surface area contributed by atoms with Crippen LogP contribution in [-0.2, 0) is 11.3 Å². The SMILES string of the molecule is CCn1c(=NC(=O)COc2ccc(OC)cc2)sc2cc3c(cc21)OCO3. The van der Waals surface area contributed by atoms with Crippen molar-refractivity contribution in [2.75, 3.05) is 20.5 Å². The summed E-state index contributed by atoms with van der Waals surface area (Å²) >= 11 is 1.44. The Hall–Kier alpha value is -3.00. The van der Waals surface area contributed by atoms with E-state index < -0.39 is 0 Å². The average Bonchev–Trinajstić information content (AvgIpc) is 3.27. The van der Waals surface area contributed by atoms with Crippen LogP contribution in [-0.4, -0.2) is 31.0 Å². The first-order valence-electron chi connectivity index (χ1n) is 8.45. The lowest BCUT2D eigenvalue weighted by molar-refractivity contribution is -0.120. The molecule has 0 fully saturated rings. The van der Waals surface area contributed by atoms with E-state index in [0.29, 0.717) is 28.6 Å². The molecule has 3 aromatic rings. The highest BCUT2D eigenvalue weighted by atomic mass is 32.1. The normalized spacial score (nSPS) is 13.2. The Balaban J connectivity index is 1.56. The van der Waals surface area contributed by atoms with E-state index in [1.807, 2.05) is 23.6 Å². The zero-order valence-corrected chi connectivity index (χ0v) is 15.7. The Morgan fingerprint density at radius 1 is 1.19 bits per heavy atom. The number of aromatic nitrogens is 1. The average molecular weight is 386 g/mol. The second-order valence-corrected chi connectivity index (χ2v) is 6.78. The highest BCUT2D eigenvalue weighted by Crippen LogP contribution is 2.36. The fourth-order valence-corrected chi connectivity index (χ4v) is 3.93. The van der Waals surface area contributed by atoms with Crippen molar-refractivity contribution in [3.63, 3.8) is 0 Å². The largest absolute Gasteiger partial charge is 0.497 e. The van der Waals surface area contributed by atoms with Crippen molar-refractivity contribution < 1.29 is 23.7 Å². The fourth-order valence-electron chi connectivity index (χ4n) is 2.81. The molecule has 7 nitrogen and oxygen atoms in total. The topological polar surface area (TPSA) is 71.3 Å². The molecular formula is C19H18N2O5S. The summed E-state index contributed by atoms with van der Waals surface area (Å²) in [6, 6.07) is 10.9. The summed E-state index contributed by atoms with van der Waals surface area (Å²) in [4.78, 5) is 17.1. The quantitative estimate of drug-likeness (QED) is 0.674. The molecule has 0 atom stereocenters. The molecular weight excluding hydrogens is 368 g/mol. The van der Waals surface area contributed by atoms with Crippen molar-refractivity contribution in [2.45, 2.75) is 13.5 Å². The van der Waals surface area contributed by atoms with Gasteiger partial charge in [-0.2, -0.15) is 4.99 Å². The molecule has 0 spiro atoms. The van der Waals surface area contributed by atoms with Gasteiger partial charge in [0.2, 0.25) is 6.79 Å². The van der Waals surface area contributed by atoms with Gasteiger partial charge in [-0.1, -0.05) is 11.3 Å². The van der Waals surface area contributed by atoms with Crippen LogP contribution in [0.3, 0.4) is 0 Å². The van der Waals surface area contributed by atoms with E-state index in [2.05, 4.69) is 4.99 Å². The number of hydrogen-bond acceptors (Lipinski definition) is 6. The van der Waals surface area contributed by atoms with Crippen molar-refractivity contribution in [1.82, 2.24) is 4.57 Å². The summed E-state index contributed by atoms with van der Waals surface area (Å²) < 4.78 is 24.4. The summed E-state index contributed by atoms with van der Waals surface area (Å²) in [7, 11) is 1.60. The number of methoxy groups -OCH3 is 1. The molecule has 0 saturated carbocycles. The van der Waals surface area contributed by atoms with E-state index in [0.717, 1.165) is 16.0 Å². The zero-order chi connectivity index (χ0) is 18.8. The van der Waals surface area contributed by atoms with Crippen molar-refractivity contribution in [3.05, 3.63) is 41.2 Å². The minimum absolute atomic E-state index is 0.132. The van der Waals surface area contributed by atoms with E-state index in [9.17, 15) is 4.79 Å². The van der Waals surface area contributed by atoms with Crippen molar-refractivity contribution in [3.8, 4) is 23.0 Å². The minimum atomic E-state index is -0.348. The molecule has 1 aliphatic rings. The van der Waals surface area contributed by atoms with Crippen LogP contribution in [0.25, 0.3) is 10.2 Å². The number of amides is 1. The molecule has 0 bridgehead atoms. The number of nitrogens with zero attached hydrogens (tertiary/aromatic N) is 2. The van der Waals surface area contributed by atoms with E-state index in [1.165, 1.54) is 11.3 Å². The summed E-state index contributed by atoms with van der Waals surface area (Å²) in [5.41, 5.74) is 0.967. The summed E-state index contributed by atoms with van der Waals surface area (Å²) in [6.07, 6.45) is 0. The van der Waals surface area contributed by atoms with Crippen LogP contribution in [0.15, 0.2) is 41.4 Å². The highest BCUT2D eigenvalue weighted by Gasteiger charge is 2.17. The molecule has 27 heavy (non-hydrogen) atoms. The number of thiazole rings is 1. The van der Waals surface area contributed by atoms with Gasteiger partial charge < -0.3 is 23.5 Å². The first kappa shape index (κ1) is 17.4. The first-order chi connectivity index (χ1) is 13.2. The maximum Gasteiger partial charge on any atom is 0.286 e. The molecule has 8 heteroatoms. The standard InChI is InChI=1S/C19H18N2O5S/c1-3-21-14-8-15-16(26-11-25-15)9-17(14)27-19(21)20-18(22)10-24-13-6-4-12(23-2)5-7-13/h4-9H,3,10-11H2,1-2H3. The van der Waals surface area contributed by atoms with E-state index >= 15 is 0 Å². The molecule has 140 valence electrons. The van der Waals surface area contributed by atoms with Gasteiger partial charge in [0.1, 0.15) is 11.5 Å². The molecule has 2 heterocycles. The number of hydrogen-bond donors (Lipinski definition) is 0. The third-order valence-electron chi connectivity index (χ3n) is 4.14. The Bertz CT molecular complexity index is 1050. The maximum atomic E-state index is 12.3. The number of carbonyl (C=O) groups excluding carboxylic acids is 1. The summed E-state index contributed by atoms with van der Waals surface area (Å²) in [5, 5.41) is 0. The predicted octanol–water partition coefficient (Wildman–Crippen LogP) is 2.97. The highest BCUT2D eigenvalue weighted by molar-refractivity contribution is 7.16.